The van der Waals surface area contributed by atoms with Crippen LogP contribution in [0.15, 0.2) is 77.3 Å². The standard InChI is InChI=1S/C26H24ClF2N7O3/c27-17-6-7-22(39-26(28)29)18(12-17)23-20(33-25(38)19-14-32-36-10-3-8-31-24(19)36)15-35(34-23)11-9-30-13-16-4-1-2-5-21(16)37/h1-8,10,12,15,26,30,32,37H,9,11,13-14H2,(H,33,38). The van der Waals surface area contributed by atoms with Gasteiger partial charge in [-0.3, -0.25) is 14.5 Å². The Morgan fingerprint density at radius 3 is 2.92 bits per heavy atom. The molecular formula is C26H24ClF2N7O3. The maximum Gasteiger partial charge on any atom is 0.387 e. The van der Waals surface area contributed by atoms with E-state index in [1.54, 1.807) is 46.5 Å². The van der Waals surface area contributed by atoms with E-state index < -0.39 is 12.5 Å². The van der Waals surface area contributed by atoms with Crippen molar-refractivity contribution in [3.8, 4) is 22.8 Å². The molecule has 0 spiro atoms. The fourth-order valence-electron chi connectivity index (χ4n) is 4.13. The second-order valence-electron chi connectivity index (χ2n) is 8.56. The molecule has 0 fully saturated rings. The van der Waals surface area contributed by atoms with E-state index in [9.17, 15) is 18.7 Å². The number of hydrazine groups is 1. The van der Waals surface area contributed by atoms with E-state index in [4.69, 9.17) is 16.3 Å². The zero-order valence-corrected chi connectivity index (χ0v) is 21.2. The van der Waals surface area contributed by atoms with Gasteiger partial charge in [-0.2, -0.15) is 13.9 Å². The number of alkyl halides is 2. The summed E-state index contributed by atoms with van der Waals surface area (Å²) in [5, 5.41) is 22.5. The lowest BCUT2D eigenvalue weighted by Gasteiger charge is -2.15. The Hall–Kier alpha value is -4.26. The number of allylic oxidation sites excluding steroid dienone is 1. The predicted molar refractivity (Wildman–Crippen MR) is 142 cm³/mol. The van der Waals surface area contributed by atoms with Gasteiger partial charge in [0.05, 0.1) is 17.8 Å². The number of nitrogens with one attached hydrogen (secondary N) is 3. The smallest absolute Gasteiger partial charge is 0.387 e. The zero-order chi connectivity index (χ0) is 27.4. The first-order valence-corrected chi connectivity index (χ1v) is 12.3. The molecular weight excluding hydrogens is 532 g/mol. The van der Waals surface area contributed by atoms with Crippen LogP contribution in [-0.2, 0) is 17.9 Å². The van der Waals surface area contributed by atoms with Crippen LogP contribution in [0.2, 0.25) is 5.02 Å². The summed E-state index contributed by atoms with van der Waals surface area (Å²) >= 11 is 6.18. The van der Waals surface area contributed by atoms with Crippen LogP contribution in [0.5, 0.6) is 11.5 Å². The highest BCUT2D eigenvalue weighted by molar-refractivity contribution is 6.31. The van der Waals surface area contributed by atoms with Crippen LogP contribution in [0.1, 0.15) is 5.56 Å². The van der Waals surface area contributed by atoms with Gasteiger partial charge in [-0.15, -0.1) is 0 Å². The summed E-state index contributed by atoms with van der Waals surface area (Å²) in [6.07, 6.45) is 6.67. The number of hydrogen-bond acceptors (Lipinski definition) is 8. The number of benzene rings is 2. The summed E-state index contributed by atoms with van der Waals surface area (Å²) in [5.74, 6) is 0.0914. The number of aliphatic imine (C=N–C) groups is 1. The highest BCUT2D eigenvalue weighted by Crippen LogP contribution is 2.37. The lowest BCUT2D eigenvalue weighted by atomic mass is 10.1. The van der Waals surface area contributed by atoms with Crippen LogP contribution in [0.4, 0.5) is 14.5 Å². The first-order valence-electron chi connectivity index (χ1n) is 12.0. The number of amides is 1. The van der Waals surface area contributed by atoms with Gasteiger partial charge in [0.2, 0.25) is 0 Å². The molecule has 202 valence electrons. The topological polar surface area (TPSA) is 116 Å². The average molecular weight is 556 g/mol. The number of aromatic nitrogens is 2. The van der Waals surface area contributed by atoms with Crippen molar-refractivity contribution in [3.63, 3.8) is 0 Å². The van der Waals surface area contributed by atoms with Crippen molar-refractivity contribution < 1.29 is 23.4 Å². The second kappa shape index (κ2) is 11.6. The summed E-state index contributed by atoms with van der Waals surface area (Å²) in [6.45, 7) is -1.54. The van der Waals surface area contributed by atoms with Crippen LogP contribution >= 0.6 is 11.6 Å². The molecule has 2 aliphatic rings. The van der Waals surface area contributed by atoms with Gasteiger partial charge in [-0.05, 0) is 30.3 Å². The van der Waals surface area contributed by atoms with Gasteiger partial charge >= 0.3 is 6.61 Å². The van der Waals surface area contributed by atoms with Gasteiger partial charge in [0.1, 0.15) is 17.2 Å². The van der Waals surface area contributed by atoms with Crippen LogP contribution in [0.3, 0.4) is 0 Å². The van der Waals surface area contributed by atoms with Crippen molar-refractivity contribution in [2.24, 2.45) is 4.99 Å². The molecule has 1 aromatic heterocycles. The second-order valence-corrected chi connectivity index (χ2v) is 9.00. The maximum absolute atomic E-state index is 13.3. The fourth-order valence-corrected chi connectivity index (χ4v) is 4.31. The number of aromatic hydroxyl groups is 1. The number of hydrogen-bond donors (Lipinski definition) is 4. The summed E-state index contributed by atoms with van der Waals surface area (Å²) < 4.78 is 32.6. The Bertz CT molecular complexity index is 1470. The summed E-state index contributed by atoms with van der Waals surface area (Å²) in [4.78, 5) is 17.5. The zero-order valence-electron chi connectivity index (χ0n) is 20.4. The minimum Gasteiger partial charge on any atom is -0.508 e. The van der Waals surface area contributed by atoms with E-state index in [1.165, 1.54) is 18.2 Å². The average Bonchev–Trinajstić information content (AvgIpc) is 3.52. The van der Waals surface area contributed by atoms with Crippen molar-refractivity contribution in [3.05, 3.63) is 82.9 Å². The number of halogens is 3. The lowest BCUT2D eigenvalue weighted by molar-refractivity contribution is -0.112. The van der Waals surface area contributed by atoms with E-state index >= 15 is 0 Å². The normalized spacial score (nSPS) is 14.3. The molecule has 0 unspecified atom stereocenters. The lowest BCUT2D eigenvalue weighted by Crippen LogP contribution is -2.27. The Morgan fingerprint density at radius 2 is 2.10 bits per heavy atom. The molecule has 4 N–H and O–H groups in total. The van der Waals surface area contributed by atoms with Crippen molar-refractivity contribution in [2.45, 2.75) is 19.7 Å². The molecule has 0 aliphatic carbocycles. The third-order valence-electron chi connectivity index (χ3n) is 5.96. The van der Waals surface area contributed by atoms with Gasteiger partial charge < -0.3 is 20.5 Å². The van der Waals surface area contributed by atoms with Crippen molar-refractivity contribution in [1.29, 1.82) is 0 Å². The van der Waals surface area contributed by atoms with E-state index in [0.29, 0.717) is 31.0 Å². The first kappa shape index (κ1) is 26.4. The number of nitrogens with zero attached hydrogens (tertiary/aromatic N) is 4. The number of phenols is 1. The third-order valence-corrected chi connectivity index (χ3v) is 6.20. The Balaban J connectivity index is 1.41. The minimum absolute atomic E-state index is 0.134. The molecule has 0 saturated carbocycles. The van der Waals surface area contributed by atoms with Gasteiger partial charge in [-0.25, -0.2) is 10.4 Å². The number of carbonyl (C=O) groups is 1. The molecule has 0 bridgehead atoms. The van der Waals surface area contributed by atoms with Gasteiger partial charge in [-0.1, -0.05) is 29.8 Å². The van der Waals surface area contributed by atoms with Crippen LogP contribution in [-0.4, -0.2) is 51.7 Å². The molecule has 10 nitrogen and oxygen atoms in total. The molecule has 0 atom stereocenters. The van der Waals surface area contributed by atoms with E-state index in [0.717, 1.165) is 5.56 Å². The number of carbonyl (C=O) groups excluding carboxylic acids is 1. The molecule has 5 rings (SSSR count). The van der Waals surface area contributed by atoms with Crippen LogP contribution in [0.25, 0.3) is 11.3 Å². The number of phenolic OH excluding ortho intramolecular Hbond substituents is 1. The SMILES string of the molecule is O=C(Nc1cn(CCNCc2ccccc2O)nc1-c1cc(Cl)ccc1OC(F)F)C1=C2N=CC=CN2NC1. The van der Waals surface area contributed by atoms with Crippen molar-refractivity contribution in [2.75, 3.05) is 18.4 Å². The maximum atomic E-state index is 13.3. The quantitative estimate of drug-likeness (QED) is 0.281. The predicted octanol–water partition coefficient (Wildman–Crippen LogP) is 3.87. The van der Waals surface area contributed by atoms with E-state index in [2.05, 4.69) is 26.2 Å². The number of ether oxygens (including phenoxy) is 1. The van der Waals surface area contributed by atoms with Gasteiger partial charge in [0.15, 0.2) is 5.82 Å². The molecule has 1 amide bonds. The molecule has 2 aromatic carbocycles. The minimum atomic E-state index is -3.07. The number of rotatable bonds is 10. The Labute approximate surface area is 227 Å². The molecule has 3 aromatic rings. The number of anilines is 1. The highest BCUT2D eigenvalue weighted by atomic mass is 35.5. The van der Waals surface area contributed by atoms with Gasteiger partial charge in [0.25, 0.3) is 5.91 Å². The highest BCUT2D eigenvalue weighted by Gasteiger charge is 2.28. The summed E-state index contributed by atoms with van der Waals surface area (Å²) in [5.41, 5.74) is 4.88. The summed E-state index contributed by atoms with van der Waals surface area (Å²) in [7, 11) is 0. The Morgan fingerprint density at radius 1 is 1.26 bits per heavy atom. The Kier molecular flexibility index (Phi) is 7.87. The molecule has 39 heavy (non-hydrogen) atoms. The molecule has 3 heterocycles. The van der Waals surface area contributed by atoms with Crippen LogP contribution in [0, 0.1) is 0 Å². The largest absolute Gasteiger partial charge is 0.508 e. The van der Waals surface area contributed by atoms with Crippen LogP contribution < -0.4 is 20.8 Å². The first-order chi connectivity index (χ1) is 18.9. The number of fused-ring (bicyclic) bond motifs is 1. The van der Waals surface area contributed by atoms with E-state index in [-0.39, 0.29) is 40.0 Å². The fraction of sp³-hybridized carbons (Fsp3) is 0.192. The third kappa shape index (κ3) is 6.08. The molecule has 0 saturated heterocycles. The summed E-state index contributed by atoms with van der Waals surface area (Å²) in [6, 6.07) is 11.2. The van der Waals surface area contributed by atoms with Gasteiger partial charge in [0, 0.05) is 54.4 Å². The molecule has 0 radical (unpaired) electrons. The monoisotopic (exact) mass is 555 g/mol. The van der Waals surface area contributed by atoms with Crippen molar-refractivity contribution >= 4 is 29.4 Å². The molecule has 13 heteroatoms. The molecule has 2 aliphatic heterocycles. The number of para-hydroxylation sites is 1. The van der Waals surface area contributed by atoms with E-state index in [1.807, 2.05) is 12.1 Å². The van der Waals surface area contributed by atoms with Crippen molar-refractivity contribution in [1.82, 2.24) is 25.5 Å².